The molecule has 0 amide bonds. The maximum Gasteiger partial charge on any atom is 0.156 e. The molecule has 2 N–H and O–H groups in total. The van der Waals surface area contributed by atoms with E-state index in [1.807, 2.05) is 0 Å². The van der Waals surface area contributed by atoms with E-state index in [2.05, 4.69) is 35.9 Å². The summed E-state index contributed by atoms with van der Waals surface area (Å²) in [6.07, 6.45) is 8.51. The molecule has 1 heterocycles. The molecule has 118 valence electrons. The second kappa shape index (κ2) is 7.74. The predicted molar refractivity (Wildman–Crippen MR) is 88.6 cm³/mol. The molecule has 2 rings (SSSR count). The highest BCUT2D eigenvalue weighted by molar-refractivity contribution is 5.52. The number of rotatable bonds is 6. The van der Waals surface area contributed by atoms with Crippen LogP contribution in [0.3, 0.4) is 0 Å². The Morgan fingerprint density at radius 3 is 2.24 bits per heavy atom. The van der Waals surface area contributed by atoms with Gasteiger partial charge in [0.05, 0.1) is 5.69 Å². The largest absolute Gasteiger partial charge is 0.352 e. The molecule has 1 aromatic rings. The van der Waals surface area contributed by atoms with Crippen molar-refractivity contribution in [3.8, 4) is 0 Å². The van der Waals surface area contributed by atoms with E-state index in [1.54, 1.807) is 0 Å². The maximum absolute atomic E-state index is 6.08. The van der Waals surface area contributed by atoms with Crippen molar-refractivity contribution in [1.82, 2.24) is 10.2 Å². The Kier molecular flexibility index (Phi) is 5.97. The molecule has 4 heteroatoms. The van der Waals surface area contributed by atoms with Gasteiger partial charge in [0.1, 0.15) is 0 Å². The number of aromatic nitrogens is 2. The maximum atomic E-state index is 6.08. The molecule has 0 aliphatic heterocycles. The molecular weight excluding hydrogens is 260 g/mol. The quantitative estimate of drug-likeness (QED) is 0.874. The second-order valence-electron chi connectivity index (χ2n) is 5.92. The Hall–Kier alpha value is -1.16. The fourth-order valence-electron chi connectivity index (χ4n) is 3.66. The van der Waals surface area contributed by atoms with E-state index in [0.717, 1.165) is 30.9 Å². The van der Waals surface area contributed by atoms with Gasteiger partial charge in [-0.25, -0.2) is 0 Å². The van der Waals surface area contributed by atoms with Crippen LogP contribution in [0.15, 0.2) is 0 Å². The number of aryl methyl sites for hydroxylation is 1. The van der Waals surface area contributed by atoms with E-state index >= 15 is 0 Å². The van der Waals surface area contributed by atoms with Crippen LogP contribution in [0.4, 0.5) is 5.82 Å². The highest BCUT2D eigenvalue weighted by Crippen LogP contribution is 2.30. The fourth-order valence-corrected chi connectivity index (χ4v) is 3.66. The van der Waals surface area contributed by atoms with E-state index in [1.165, 1.54) is 43.2 Å². The fraction of sp³-hybridized carbons (Fsp3) is 0.765. The van der Waals surface area contributed by atoms with E-state index in [9.17, 15) is 0 Å². The van der Waals surface area contributed by atoms with Crippen molar-refractivity contribution in [2.45, 2.75) is 78.3 Å². The summed E-state index contributed by atoms with van der Waals surface area (Å²) >= 11 is 0. The predicted octanol–water partition coefficient (Wildman–Crippen LogP) is 3.22. The Labute approximate surface area is 129 Å². The number of anilines is 1. The molecule has 1 aromatic heterocycles. The van der Waals surface area contributed by atoms with Crippen molar-refractivity contribution in [2.24, 2.45) is 5.73 Å². The van der Waals surface area contributed by atoms with Gasteiger partial charge in [0.15, 0.2) is 5.82 Å². The molecule has 0 unspecified atom stereocenters. The summed E-state index contributed by atoms with van der Waals surface area (Å²) in [6.45, 7) is 8.10. The molecular formula is C17H30N4. The zero-order valence-corrected chi connectivity index (χ0v) is 13.9. The lowest BCUT2D eigenvalue weighted by atomic mass is 9.93. The van der Waals surface area contributed by atoms with Gasteiger partial charge in [-0.2, -0.15) is 5.10 Å². The minimum absolute atomic E-state index is 0.560. The third-order valence-corrected chi connectivity index (χ3v) is 4.77. The second-order valence-corrected chi connectivity index (χ2v) is 5.92. The van der Waals surface area contributed by atoms with Crippen LogP contribution in [0, 0.1) is 0 Å². The Morgan fingerprint density at radius 1 is 1.00 bits per heavy atom. The Bertz CT molecular complexity index is 452. The minimum atomic E-state index is 0.560. The summed E-state index contributed by atoms with van der Waals surface area (Å²) in [6, 6.07) is 0.612. The standard InChI is InChI=1S/C17H30N4/c1-4-14-15(12-18)17(20-19-16(14)5-2)21(6-3)13-10-8-7-9-11-13/h13H,4-12,18H2,1-3H3. The van der Waals surface area contributed by atoms with E-state index in [4.69, 9.17) is 5.73 Å². The molecule has 0 spiro atoms. The zero-order chi connectivity index (χ0) is 15.2. The van der Waals surface area contributed by atoms with Crippen molar-refractivity contribution < 1.29 is 0 Å². The molecule has 0 bridgehead atoms. The summed E-state index contributed by atoms with van der Waals surface area (Å²) in [5, 5.41) is 9.06. The van der Waals surface area contributed by atoms with Gasteiger partial charge in [-0.1, -0.05) is 33.1 Å². The average Bonchev–Trinajstić information content (AvgIpc) is 2.55. The van der Waals surface area contributed by atoms with Gasteiger partial charge < -0.3 is 10.6 Å². The molecule has 0 radical (unpaired) electrons. The Morgan fingerprint density at radius 2 is 1.71 bits per heavy atom. The molecule has 0 aromatic carbocycles. The third-order valence-electron chi connectivity index (χ3n) is 4.77. The topological polar surface area (TPSA) is 55.0 Å². The first-order chi connectivity index (χ1) is 10.3. The minimum Gasteiger partial charge on any atom is -0.352 e. The number of hydrogen-bond acceptors (Lipinski definition) is 4. The average molecular weight is 290 g/mol. The van der Waals surface area contributed by atoms with Crippen molar-refractivity contribution in [1.29, 1.82) is 0 Å². The first kappa shape index (κ1) is 16.2. The van der Waals surface area contributed by atoms with Crippen LogP contribution in [-0.4, -0.2) is 22.8 Å². The summed E-state index contributed by atoms with van der Waals surface area (Å²) in [4.78, 5) is 2.45. The molecule has 1 aliphatic carbocycles. The lowest BCUT2D eigenvalue weighted by Crippen LogP contribution is -2.38. The van der Waals surface area contributed by atoms with Crippen LogP contribution in [0.1, 0.15) is 69.7 Å². The summed E-state index contributed by atoms with van der Waals surface area (Å²) < 4.78 is 0. The van der Waals surface area contributed by atoms with Gasteiger partial charge in [-0.3, -0.25) is 0 Å². The molecule has 1 fully saturated rings. The highest BCUT2D eigenvalue weighted by atomic mass is 15.3. The van der Waals surface area contributed by atoms with Gasteiger partial charge >= 0.3 is 0 Å². The Balaban J connectivity index is 2.40. The van der Waals surface area contributed by atoms with Crippen molar-refractivity contribution in [2.75, 3.05) is 11.4 Å². The molecule has 0 saturated heterocycles. The van der Waals surface area contributed by atoms with Crippen LogP contribution in [0.2, 0.25) is 0 Å². The van der Waals surface area contributed by atoms with Crippen LogP contribution in [0.25, 0.3) is 0 Å². The van der Waals surface area contributed by atoms with E-state index in [-0.39, 0.29) is 0 Å². The van der Waals surface area contributed by atoms with Gasteiger partial charge in [0, 0.05) is 24.7 Å². The van der Waals surface area contributed by atoms with Crippen LogP contribution < -0.4 is 10.6 Å². The van der Waals surface area contributed by atoms with E-state index in [0.29, 0.717) is 12.6 Å². The lowest BCUT2D eigenvalue weighted by molar-refractivity contribution is 0.414. The normalized spacial score (nSPS) is 16.2. The summed E-state index contributed by atoms with van der Waals surface area (Å²) in [5.41, 5.74) is 9.73. The number of hydrogen-bond donors (Lipinski definition) is 1. The first-order valence-electron chi connectivity index (χ1n) is 8.60. The van der Waals surface area contributed by atoms with Crippen LogP contribution >= 0.6 is 0 Å². The van der Waals surface area contributed by atoms with Gasteiger partial charge in [0.25, 0.3) is 0 Å². The molecule has 21 heavy (non-hydrogen) atoms. The summed E-state index contributed by atoms with van der Waals surface area (Å²) in [7, 11) is 0. The van der Waals surface area contributed by atoms with Gasteiger partial charge in [-0.15, -0.1) is 5.10 Å². The molecule has 1 saturated carbocycles. The van der Waals surface area contributed by atoms with Crippen LogP contribution in [-0.2, 0) is 19.4 Å². The van der Waals surface area contributed by atoms with Gasteiger partial charge in [-0.05, 0) is 38.2 Å². The van der Waals surface area contributed by atoms with Crippen LogP contribution in [0.5, 0.6) is 0 Å². The first-order valence-corrected chi connectivity index (χ1v) is 8.60. The number of nitrogens with zero attached hydrogens (tertiary/aromatic N) is 3. The van der Waals surface area contributed by atoms with Crippen molar-refractivity contribution in [3.05, 3.63) is 16.8 Å². The highest BCUT2D eigenvalue weighted by Gasteiger charge is 2.25. The molecule has 1 aliphatic rings. The third kappa shape index (κ3) is 3.37. The number of nitrogens with two attached hydrogens (primary N) is 1. The van der Waals surface area contributed by atoms with Gasteiger partial charge in [0.2, 0.25) is 0 Å². The van der Waals surface area contributed by atoms with E-state index < -0.39 is 0 Å². The molecule has 4 nitrogen and oxygen atoms in total. The molecule has 0 atom stereocenters. The smallest absolute Gasteiger partial charge is 0.156 e. The van der Waals surface area contributed by atoms with Crippen molar-refractivity contribution in [3.63, 3.8) is 0 Å². The monoisotopic (exact) mass is 290 g/mol. The zero-order valence-electron chi connectivity index (χ0n) is 13.9. The van der Waals surface area contributed by atoms with Crippen molar-refractivity contribution >= 4 is 5.82 Å². The summed E-state index contributed by atoms with van der Waals surface area (Å²) in [5.74, 6) is 1.04. The SMILES string of the molecule is CCc1nnc(N(CC)C2CCCCC2)c(CN)c1CC. The lowest BCUT2D eigenvalue weighted by Gasteiger charge is -2.35.